The Kier molecular flexibility index (Phi) is 2.78. The van der Waals surface area contributed by atoms with Gasteiger partial charge in [-0.1, -0.05) is 18.2 Å². The number of nitrogens with zero attached hydrogens (tertiary/aromatic N) is 3. The lowest BCUT2D eigenvalue weighted by Gasteiger charge is -2.34. The van der Waals surface area contributed by atoms with Gasteiger partial charge in [0.05, 0.1) is 5.39 Å². The predicted molar refractivity (Wildman–Crippen MR) is 78.2 cm³/mol. The summed E-state index contributed by atoms with van der Waals surface area (Å²) in [6.45, 7) is 3.67. The Morgan fingerprint density at radius 3 is 2.86 bits per heavy atom. The van der Waals surface area contributed by atoms with Crippen LogP contribution in [0.1, 0.15) is 16.9 Å². The molecule has 6 heteroatoms. The molecule has 2 fully saturated rings. The average Bonchev–Trinajstić information content (AvgIpc) is 2.89. The Morgan fingerprint density at radius 1 is 1.19 bits per heavy atom. The second-order valence-corrected chi connectivity index (χ2v) is 5.69. The second kappa shape index (κ2) is 4.66. The minimum absolute atomic E-state index is 0.0750. The van der Waals surface area contributed by atoms with Crippen molar-refractivity contribution in [2.24, 2.45) is 0 Å². The number of nitrogens with one attached hydrogen (secondary N) is 1. The van der Waals surface area contributed by atoms with Gasteiger partial charge in [0, 0.05) is 37.6 Å². The van der Waals surface area contributed by atoms with Gasteiger partial charge in [-0.3, -0.25) is 14.5 Å². The molecule has 108 valence electrons. The largest absolute Gasteiger partial charge is 0.332 e. The molecule has 2 aliphatic rings. The number of carbonyl (C=O) groups excluding carboxylic acids is 1. The van der Waals surface area contributed by atoms with E-state index in [1.54, 1.807) is 18.2 Å². The average molecular weight is 284 g/mol. The first-order valence-corrected chi connectivity index (χ1v) is 7.25. The van der Waals surface area contributed by atoms with Crippen molar-refractivity contribution in [1.82, 2.24) is 20.0 Å². The van der Waals surface area contributed by atoms with Crippen LogP contribution in [0.25, 0.3) is 10.8 Å². The summed E-state index contributed by atoms with van der Waals surface area (Å²) < 4.78 is 0. The summed E-state index contributed by atoms with van der Waals surface area (Å²) in [6.07, 6.45) is 1.02. The van der Waals surface area contributed by atoms with E-state index >= 15 is 0 Å². The summed E-state index contributed by atoms with van der Waals surface area (Å²) in [6, 6.07) is 7.41. The van der Waals surface area contributed by atoms with E-state index < -0.39 is 0 Å². The molecule has 0 spiro atoms. The molecule has 2 aliphatic heterocycles. The SMILES string of the molecule is O=C(c1n[nH]c(=O)c2ccccc12)N1CCN2CCC1C2. The van der Waals surface area contributed by atoms with Crippen LogP contribution in [0.5, 0.6) is 0 Å². The molecule has 0 radical (unpaired) electrons. The number of aromatic nitrogens is 2. The summed E-state index contributed by atoms with van der Waals surface area (Å²) in [5.74, 6) is -0.0750. The zero-order valence-electron chi connectivity index (χ0n) is 11.6. The maximum Gasteiger partial charge on any atom is 0.275 e. The van der Waals surface area contributed by atoms with Gasteiger partial charge in [0.1, 0.15) is 0 Å². The molecule has 3 heterocycles. The lowest BCUT2D eigenvalue weighted by molar-refractivity contribution is 0.0604. The molecule has 1 N–H and O–H groups in total. The molecule has 1 aromatic carbocycles. The highest BCUT2D eigenvalue weighted by Crippen LogP contribution is 2.23. The van der Waals surface area contributed by atoms with E-state index in [4.69, 9.17) is 0 Å². The third-order valence-corrected chi connectivity index (χ3v) is 4.50. The molecule has 2 saturated heterocycles. The lowest BCUT2D eigenvalue weighted by atomic mass is 10.1. The van der Waals surface area contributed by atoms with E-state index in [1.165, 1.54) is 0 Å². The first-order chi connectivity index (χ1) is 10.2. The number of rotatable bonds is 1. The first-order valence-electron chi connectivity index (χ1n) is 7.25. The van der Waals surface area contributed by atoms with Gasteiger partial charge in [-0.15, -0.1) is 0 Å². The van der Waals surface area contributed by atoms with Crippen LogP contribution in [0, 0.1) is 0 Å². The van der Waals surface area contributed by atoms with E-state index in [0.717, 1.165) is 32.6 Å². The minimum atomic E-state index is -0.257. The number of piperazine rings is 1. The predicted octanol–water partition coefficient (Wildman–Crippen LogP) is 0.453. The zero-order valence-corrected chi connectivity index (χ0v) is 11.6. The summed E-state index contributed by atoms with van der Waals surface area (Å²) in [5.41, 5.74) is 0.0957. The Balaban J connectivity index is 1.78. The van der Waals surface area contributed by atoms with Gasteiger partial charge in [0.2, 0.25) is 0 Å². The highest BCUT2D eigenvalue weighted by molar-refractivity contribution is 6.04. The first kappa shape index (κ1) is 12.5. The van der Waals surface area contributed by atoms with Crippen LogP contribution in [-0.2, 0) is 0 Å². The number of hydrogen-bond donors (Lipinski definition) is 1. The van der Waals surface area contributed by atoms with Gasteiger partial charge in [0.25, 0.3) is 11.5 Å². The van der Waals surface area contributed by atoms with E-state index in [1.807, 2.05) is 11.0 Å². The van der Waals surface area contributed by atoms with Gasteiger partial charge in [-0.05, 0) is 12.5 Å². The molecule has 2 aromatic rings. The highest BCUT2D eigenvalue weighted by atomic mass is 16.2. The third-order valence-electron chi connectivity index (χ3n) is 4.50. The maximum absolute atomic E-state index is 12.8. The molecule has 21 heavy (non-hydrogen) atoms. The second-order valence-electron chi connectivity index (χ2n) is 5.69. The number of hydrogen-bond acceptors (Lipinski definition) is 4. The molecule has 1 aromatic heterocycles. The number of H-pyrrole nitrogens is 1. The maximum atomic E-state index is 12.8. The van der Waals surface area contributed by atoms with Gasteiger partial charge in [-0.2, -0.15) is 5.10 Å². The van der Waals surface area contributed by atoms with E-state index in [0.29, 0.717) is 16.5 Å². The molecule has 4 rings (SSSR count). The number of aromatic amines is 1. The zero-order chi connectivity index (χ0) is 14.4. The Bertz CT molecular complexity index is 770. The van der Waals surface area contributed by atoms with Crippen molar-refractivity contribution in [3.05, 3.63) is 40.3 Å². The molecular weight excluding hydrogens is 268 g/mol. The van der Waals surface area contributed by atoms with Crippen LogP contribution in [-0.4, -0.2) is 58.1 Å². The normalized spacial score (nSPS) is 24.5. The van der Waals surface area contributed by atoms with Crippen LogP contribution < -0.4 is 5.56 Å². The van der Waals surface area contributed by atoms with Crippen LogP contribution >= 0.6 is 0 Å². The molecular formula is C15H16N4O2. The van der Waals surface area contributed by atoms with Crippen molar-refractivity contribution < 1.29 is 4.79 Å². The number of fused-ring (bicyclic) bond motifs is 3. The monoisotopic (exact) mass is 284 g/mol. The number of amides is 1. The van der Waals surface area contributed by atoms with Crippen LogP contribution in [0.2, 0.25) is 0 Å². The van der Waals surface area contributed by atoms with Gasteiger partial charge < -0.3 is 4.90 Å². The van der Waals surface area contributed by atoms with E-state index in [9.17, 15) is 9.59 Å². The molecule has 2 atom stereocenters. The lowest BCUT2D eigenvalue weighted by Crippen LogP contribution is -2.49. The summed E-state index contributed by atoms with van der Waals surface area (Å²) >= 11 is 0. The smallest absolute Gasteiger partial charge is 0.275 e. The Hall–Kier alpha value is -2.21. The Morgan fingerprint density at radius 2 is 2.00 bits per heavy atom. The summed E-state index contributed by atoms with van der Waals surface area (Å²) in [7, 11) is 0. The fourth-order valence-corrected chi connectivity index (χ4v) is 3.38. The van der Waals surface area contributed by atoms with Gasteiger partial charge in [0.15, 0.2) is 5.69 Å². The molecule has 1 amide bonds. The highest BCUT2D eigenvalue weighted by Gasteiger charge is 2.36. The summed E-state index contributed by atoms with van der Waals surface area (Å²) in [4.78, 5) is 28.9. The fraction of sp³-hybridized carbons (Fsp3) is 0.400. The third kappa shape index (κ3) is 1.94. The topological polar surface area (TPSA) is 69.3 Å². The quantitative estimate of drug-likeness (QED) is 0.825. The van der Waals surface area contributed by atoms with E-state index in [-0.39, 0.29) is 17.5 Å². The van der Waals surface area contributed by atoms with Gasteiger partial charge >= 0.3 is 0 Å². The van der Waals surface area contributed by atoms with Crippen molar-refractivity contribution in [3.8, 4) is 0 Å². The van der Waals surface area contributed by atoms with Crippen molar-refractivity contribution in [2.45, 2.75) is 12.5 Å². The minimum Gasteiger partial charge on any atom is -0.332 e. The molecule has 2 bridgehead atoms. The van der Waals surface area contributed by atoms with E-state index in [2.05, 4.69) is 15.1 Å². The van der Waals surface area contributed by atoms with Crippen LogP contribution in [0.4, 0.5) is 0 Å². The van der Waals surface area contributed by atoms with Crippen LogP contribution in [0.3, 0.4) is 0 Å². The number of carbonyl (C=O) groups is 1. The molecule has 0 aliphatic carbocycles. The number of benzene rings is 1. The van der Waals surface area contributed by atoms with Crippen molar-refractivity contribution in [3.63, 3.8) is 0 Å². The Labute approximate surface area is 121 Å². The van der Waals surface area contributed by atoms with Gasteiger partial charge in [-0.25, -0.2) is 5.10 Å². The fourth-order valence-electron chi connectivity index (χ4n) is 3.38. The molecule has 2 unspecified atom stereocenters. The van der Waals surface area contributed by atoms with Crippen LogP contribution in [0.15, 0.2) is 29.1 Å². The summed E-state index contributed by atoms with van der Waals surface area (Å²) in [5, 5.41) is 7.61. The molecule has 6 nitrogen and oxygen atoms in total. The molecule has 0 saturated carbocycles. The van der Waals surface area contributed by atoms with Crippen molar-refractivity contribution >= 4 is 16.7 Å². The van der Waals surface area contributed by atoms with Crippen molar-refractivity contribution in [2.75, 3.05) is 26.2 Å². The standard InChI is InChI=1S/C15H16N4O2/c20-14-12-4-2-1-3-11(12)13(16-17-14)15(21)19-8-7-18-6-5-10(19)9-18/h1-4,10H,5-9H2,(H,17,20). The van der Waals surface area contributed by atoms with Crippen molar-refractivity contribution in [1.29, 1.82) is 0 Å².